The highest BCUT2D eigenvalue weighted by atomic mass is 28.3. The molecule has 10 aromatic rings. The maximum Gasteiger partial charge on any atom is 0.242 e. The van der Waals surface area contributed by atoms with Gasteiger partial charge in [-0.2, -0.15) is 0 Å². The highest BCUT2D eigenvalue weighted by molar-refractivity contribution is 7.20. The monoisotopic (exact) mass is 1060 g/mol. The summed E-state index contributed by atoms with van der Waals surface area (Å²) in [6.45, 7) is 37.4. The summed E-state index contributed by atoms with van der Waals surface area (Å²) >= 11 is 0. The van der Waals surface area contributed by atoms with Gasteiger partial charge in [0, 0.05) is 10.8 Å². The van der Waals surface area contributed by atoms with E-state index in [4.69, 9.17) is 0 Å². The molecule has 10 aromatic carbocycles. The van der Waals surface area contributed by atoms with E-state index < -0.39 is 8.07 Å². The quantitative estimate of drug-likeness (QED) is 0.0946. The number of hydrogen-bond donors (Lipinski definition) is 0. The Bertz CT molecular complexity index is 3710. The summed E-state index contributed by atoms with van der Waals surface area (Å²) in [7, 11) is -3.27. The fraction of sp³-hybridized carbons (Fsp3) is 0.231. The summed E-state index contributed by atoms with van der Waals surface area (Å²) in [5.74, 6) is 0. The molecule has 0 nitrogen and oxygen atoms in total. The number of rotatable bonds is 10. The first-order valence-corrected chi connectivity index (χ1v) is 31.6. The molecule has 0 unspecified atom stereocenters. The molecule has 400 valence electrons. The molecule has 0 saturated heterocycles. The lowest BCUT2D eigenvalue weighted by atomic mass is 9.34. The zero-order chi connectivity index (χ0) is 57.2. The van der Waals surface area contributed by atoms with Gasteiger partial charge in [-0.15, -0.1) is 0 Å². The number of aryl methyl sites for hydroxylation is 12. The third-order valence-corrected chi connectivity index (χ3v) is 24.2. The maximum atomic E-state index is 2.66. The summed E-state index contributed by atoms with van der Waals surface area (Å²) in [5.41, 5.74) is 35.0. The van der Waals surface area contributed by atoms with Crippen LogP contribution in [0.2, 0.25) is 0 Å². The van der Waals surface area contributed by atoms with Gasteiger partial charge < -0.3 is 0 Å². The van der Waals surface area contributed by atoms with Crippen molar-refractivity contribution in [3.8, 4) is 22.3 Å². The Hall–Kier alpha value is -7.45. The predicted octanol–water partition coefficient (Wildman–Crippen LogP) is 12.4. The van der Waals surface area contributed by atoms with E-state index in [1.165, 1.54) is 165 Å². The van der Waals surface area contributed by atoms with Crippen molar-refractivity contribution < 1.29 is 0 Å². The van der Waals surface area contributed by atoms with Crippen LogP contribution in [0.1, 0.15) is 117 Å². The van der Waals surface area contributed by atoms with Crippen LogP contribution in [0.5, 0.6) is 0 Å². The first-order chi connectivity index (χ1) is 38.6. The molecule has 0 atom stereocenters. The third kappa shape index (κ3) is 8.63. The molecule has 2 aliphatic rings. The maximum absolute atomic E-state index is 3.27. The molecule has 0 radical (unpaired) electrons. The Morgan fingerprint density at radius 3 is 0.790 bits per heavy atom. The van der Waals surface area contributed by atoms with E-state index in [1.807, 2.05) is 0 Å². The van der Waals surface area contributed by atoms with Crippen LogP contribution in [0.4, 0.5) is 0 Å². The predicted molar refractivity (Wildman–Crippen MR) is 357 cm³/mol. The number of fused-ring (bicyclic) bond motifs is 6. The Kier molecular flexibility index (Phi) is 13.3. The molecule has 0 amide bonds. The van der Waals surface area contributed by atoms with E-state index in [2.05, 4.69) is 293 Å². The Morgan fingerprint density at radius 2 is 0.506 bits per heavy atom. The van der Waals surface area contributed by atoms with E-state index in [0.717, 1.165) is 0 Å². The van der Waals surface area contributed by atoms with Crippen LogP contribution in [0, 0.1) is 83.1 Å². The van der Waals surface area contributed by atoms with Crippen molar-refractivity contribution in [2.45, 2.75) is 122 Å². The molecule has 0 fully saturated rings. The third-order valence-electron chi connectivity index (χ3n) is 19.5. The van der Waals surface area contributed by atoms with Crippen molar-refractivity contribution in [3.05, 3.63) is 271 Å². The standard InChI is InChI=1S/C78H78B2Si/c1-47-37-51(5)73(52(6)38-47)79(74-53(7)39-48(2)40-54(74)8)59-25-29-61(30-26-59)81(63-33-35-67-65-21-17-19-23-69(65)77(13,14)71(67)45-63,64-34-36-68-66-22-18-20-24-70(66)78(15,16)72(68)46-64)62-31-27-60(28-32-62)80(75-55(9)41-49(3)42-56(75)10)76-57(11)43-50(4)44-58(76)12/h17-46H,1-16H3. The van der Waals surface area contributed by atoms with Crippen molar-refractivity contribution >= 4 is 75.0 Å². The second-order valence-electron chi connectivity index (χ2n) is 26.0. The van der Waals surface area contributed by atoms with Crippen LogP contribution >= 0.6 is 0 Å². The average Bonchev–Trinajstić information content (AvgIpc) is 4.07. The summed E-state index contributed by atoms with van der Waals surface area (Å²) in [5, 5.41) is 5.60. The van der Waals surface area contributed by atoms with Gasteiger partial charge in [0.05, 0.1) is 0 Å². The first kappa shape index (κ1) is 54.2. The molecular formula is C78H78B2Si. The summed E-state index contributed by atoms with van der Waals surface area (Å²) in [4.78, 5) is 0. The molecule has 0 aliphatic heterocycles. The highest BCUT2D eigenvalue weighted by Gasteiger charge is 2.47. The molecule has 0 heterocycles. The Labute approximate surface area is 487 Å². The van der Waals surface area contributed by atoms with Crippen LogP contribution in [0.25, 0.3) is 22.3 Å². The van der Waals surface area contributed by atoms with Crippen LogP contribution in [0.3, 0.4) is 0 Å². The van der Waals surface area contributed by atoms with Crippen molar-refractivity contribution in [1.82, 2.24) is 0 Å². The molecule has 2 aliphatic carbocycles. The summed E-state index contributed by atoms with van der Waals surface area (Å²) in [6.07, 6.45) is 0. The first-order valence-electron chi connectivity index (χ1n) is 29.6. The largest absolute Gasteiger partial charge is 0.242 e. The van der Waals surface area contributed by atoms with Gasteiger partial charge in [0.15, 0.2) is 8.07 Å². The van der Waals surface area contributed by atoms with Gasteiger partial charge in [-0.3, -0.25) is 0 Å². The SMILES string of the molecule is Cc1cc(C)c(B(c2ccc([Si](c3ccc(B(c4c(C)cc(C)cc4C)c4c(C)cc(C)cc4C)cc3)(c3ccc4c(c3)C(C)(C)c3ccccc3-4)c3ccc4c(c3)C(C)(C)c3ccccc3-4)cc2)c2c(C)cc(C)cc2C)c(C)c1. The van der Waals surface area contributed by atoms with Crippen molar-refractivity contribution in [3.63, 3.8) is 0 Å². The van der Waals surface area contributed by atoms with Gasteiger partial charge in [0.25, 0.3) is 0 Å². The van der Waals surface area contributed by atoms with Gasteiger partial charge in [0.1, 0.15) is 0 Å². The van der Waals surface area contributed by atoms with Crippen LogP contribution in [-0.2, 0) is 10.8 Å². The summed E-state index contributed by atoms with van der Waals surface area (Å²) in [6, 6.07) is 73.1. The smallest absolute Gasteiger partial charge is 0.0686 e. The number of hydrogen-bond acceptors (Lipinski definition) is 0. The molecule has 0 N–H and O–H groups in total. The number of benzene rings is 10. The lowest BCUT2D eigenvalue weighted by molar-refractivity contribution is 0.661. The van der Waals surface area contributed by atoms with Crippen LogP contribution in [-0.4, -0.2) is 21.5 Å². The molecule has 3 heteroatoms. The minimum absolute atomic E-state index is 0.0634. The highest BCUT2D eigenvalue weighted by Crippen LogP contribution is 2.49. The Balaban J connectivity index is 1.16. The van der Waals surface area contributed by atoms with Crippen molar-refractivity contribution in [2.24, 2.45) is 0 Å². The van der Waals surface area contributed by atoms with Crippen molar-refractivity contribution in [2.75, 3.05) is 0 Å². The summed E-state index contributed by atoms with van der Waals surface area (Å²) < 4.78 is 0. The zero-order valence-electron chi connectivity index (χ0n) is 51.0. The topological polar surface area (TPSA) is 0 Å². The second-order valence-corrected chi connectivity index (χ2v) is 29.8. The second kappa shape index (κ2) is 19.9. The van der Waals surface area contributed by atoms with E-state index in [1.54, 1.807) is 0 Å². The molecule has 0 bridgehead atoms. The molecular weight excluding hydrogens is 987 g/mol. The normalized spacial score (nSPS) is 13.6. The molecule has 0 spiro atoms. The van der Waals surface area contributed by atoms with Crippen molar-refractivity contribution in [1.29, 1.82) is 0 Å². The lowest BCUT2D eigenvalue weighted by Crippen LogP contribution is -2.75. The van der Waals surface area contributed by atoms with E-state index in [9.17, 15) is 0 Å². The minimum Gasteiger partial charge on any atom is -0.0686 e. The van der Waals surface area contributed by atoms with E-state index >= 15 is 0 Å². The van der Waals surface area contributed by atoms with Gasteiger partial charge in [-0.05, 0) is 148 Å². The van der Waals surface area contributed by atoms with E-state index in [0.29, 0.717) is 0 Å². The van der Waals surface area contributed by atoms with Crippen LogP contribution < -0.4 is 53.5 Å². The average molecular weight is 1070 g/mol. The zero-order valence-corrected chi connectivity index (χ0v) is 52.0. The fourth-order valence-electron chi connectivity index (χ4n) is 16.3. The minimum atomic E-state index is -3.27. The molecule has 0 aromatic heterocycles. The van der Waals surface area contributed by atoms with Gasteiger partial charge in [0.2, 0.25) is 13.4 Å². The van der Waals surface area contributed by atoms with Gasteiger partial charge in [-0.25, -0.2) is 0 Å². The van der Waals surface area contributed by atoms with Gasteiger partial charge >= 0.3 is 0 Å². The van der Waals surface area contributed by atoms with Crippen LogP contribution in [0.15, 0.2) is 182 Å². The fourth-order valence-corrected chi connectivity index (χ4v) is 21.0. The molecule has 12 rings (SSSR count). The lowest BCUT2D eigenvalue weighted by Gasteiger charge is -2.37. The molecule has 0 saturated carbocycles. The van der Waals surface area contributed by atoms with E-state index in [-0.39, 0.29) is 24.3 Å². The van der Waals surface area contributed by atoms with Gasteiger partial charge in [-0.1, -0.05) is 309 Å². The Morgan fingerprint density at radius 1 is 0.259 bits per heavy atom. The molecule has 81 heavy (non-hydrogen) atoms.